The second kappa shape index (κ2) is 2.24. The molecule has 1 fully saturated rings. The highest BCUT2D eigenvalue weighted by atomic mass is 32.1. The number of thiocarbonyl (C=S) groups is 1. The van der Waals surface area contributed by atoms with Crippen molar-refractivity contribution in [3.8, 4) is 0 Å². The van der Waals surface area contributed by atoms with Crippen molar-refractivity contribution in [2.75, 3.05) is 0 Å². The van der Waals surface area contributed by atoms with Crippen molar-refractivity contribution in [2.24, 2.45) is 4.99 Å². The van der Waals surface area contributed by atoms with E-state index >= 15 is 0 Å². The zero-order chi connectivity index (χ0) is 8.72. The van der Waals surface area contributed by atoms with Crippen LogP contribution in [0.4, 0.5) is 4.79 Å². The minimum absolute atomic E-state index is 0.0789. The second-order valence-corrected chi connectivity index (χ2v) is 2.71. The maximum atomic E-state index is 11.1. The molecular formula is C5H4N4O2S. The lowest BCUT2D eigenvalue weighted by Gasteiger charge is -2.14. The summed E-state index contributed by atoms with van der Waals surface area (Å²) in [5.41, 5.74) is 0. The minimum Gasteiger partial charge on any atom is -0.319 e. The standard InChI is InChI=1S/C5H4N4O2S/c10-3-1-2(7-4(11)6-1)8-5(12)9-3/h1H,(H3,6,7,8,9,10,11,12). The molecule has 0 saturated carbocycles. The fourth-order valence-electron chi connectivity index (χ4n) is 1.02. The molecule has 3 amide bonds. The second-order valence-electron chi connectivity index (χ2n) is 2.32. The van der Waals surface area contributed by atoms with E-state index in [1.165, 1.54) is 0 Å². The summed E-state index contributed by atoms with van der Waals surface area (Å²) in [5.74, 6) is -0.0860. The van der Waals surface area contributed by atoms with Gasteiger partial charge in [0.05, 0.1) is 0 Å². The van der Waals surface area contributed by atoms with Crippen LogP contribution in [-0.4, -0.2) is 28.9 Å². The fraction of sp³-hybridized carbons (Fsp3) is 0.200. The normalized spacial score (nSPS) is 26.8. The summed E-state index contributed by atoms with van der Waals surface area (Å²) in [5, 5.41) is 7.14. The van der Waals surface area contributed by atoms with Crippen LogP contribution in [0.2, 0.25) is 0 Å². The Bertz CT molecular complexity index is 323. The first kappa shape index (κ1) is 7.17. The maximum Gasteiger partial charge on any atom is 0.321 e. The van der Waals surface area contributed by atoms with Gasteiger partial charge in [0, 0.05) is 0 Å². The third-order valence-corrected chi connectivity index (χ3v) is 1.70. The molecule has 0 aromatic carbocycles. The first-order valence-corrected chi connectivity index (χ1v) is 3.58. The van der Waals surface area contributed by atoms with Gasteiger partial charge in [-0.3, -0.25) is 15.4 Å². The van der Waals surface area contributed by atoms with Crippen molar-refractivity contribution in [3.05, 3.63) is 0 Å². The van der Waals surface area contributed by atoms with Crippen molar-refractivity contribution in [2.45, 2.75) is 6.04 Å². The van der Waals surface area contributed by atoms with E-state index < -0.39 is 12.1 Å². The molecule has 12 heavy (non-hydrogen) atoms. The number of aliphatic imine (C=N–C) groups is 1. The number of amides is 3. The number of hydrogen-bond donors (Lipinski definition) is 3. The van der Waals surface area contributed by atoms with E-state index in [9.17, 15) is 9.59 Å². The van der Waals surface area contributed by atoms with Crippen LogP contribution < -0.4 is 16.0 Å². The van der Waals surface area contributed by atoms with Crippen molar-refractivity contribution >= 4 is 35.1 Å². The van der Waals surface area contributed by atoms with Gasteiger partial charge in [-0.15, -0.1) is 0 Å². The molecule has 3 N–H and O–H groups in total. The molecule has 2 aliphatic rings. The first-order chi connectivity index (χ1) is 5.66. The molecule has 0 spiro atoms. The number of rotatable bonds is 0. The largest absolute Gasteiger partial charge is 0.321 e. The molecule has 2 heterocycles. The van der Waals surface area contributed by atoms with Gasteiger partial charge in [-0.2, -0.15) is 0 Å². The highest BCUT2D eigenvalue weighted by Crippen LogP contribution is 2.01. The smallest absolute Gasteiger partial charge is 0.319 e. The van der Waals surface area contributed by atoms with E-state index in [2.05, 4.69) is 33.2 Å². The molecule has 2 rings (SSSR count). The molecule has 0 aliphatic carbocycles. The first-order valence-electron chi connectivity index (χ1n) is 3.18. The van der Waals surface area contributed by atoms with Gasteiger partial charge in [-0.1, -0.05) is 0 Å². The highest BCUT2D eigenvalue weighted by Gasteiger charge is 2.36. The number of hydrogen-bond acceptors (Lipinski definition) is 3. The zero-order valence-electron chi connectivity index (χ0n) is 5.75. The molecule has 0 aromatic heterocycles. The average molecular weight is 184 g/mol. The van der Waals surface area contributed by atoms with Gasteiger partial charge in [0.25, 0.3) is 5.91 Å². The van der Waals surface area contributed by atoms with Gasteiger partial charge in [0.1, 0.15) is 5.84 Å². The molecule has 1 saturated heterocycles. The minimum atomic E-state index is -0.704. The maximum absolute atomic E-state index is 11.1. The Kier molecular flexibility index (Phi) is 1.34. The van der Waals surface area contributed by atoms with Gasteiger partial charge < -0.3 is 5.32 Å². The van der Waals surface area contributed by atoms with E-state index in [1.807, 2.05) is 0 Å². The molecule has 7 heteroatoms. The summed E-state index contributed by atoms with van der Waals surface area (Å²) < 4.78 is 0. The third kappa shape index (κ3) is 0.944. The van der Waals surface area contributed by atoms with E-state index in [0.717, 1.165) is 0 Å². The van der Waals surface area contributed by atoms with Crippen molar-refractivity contribution in [3.63, 3.8) is 0 Å². The van der Waals surface area contributed by atoms with Crippen LogP contribution in [0.1, 0.15) is 0 Å². The predicted octanol–water partition coefficient (Wildman–Crippen LogP) is -1.52. The van der Waals surface area contributed by atoms with Crippen LogP contribution in [0.15, 0.2) is 4.99 Å². The average Bonchev–Trinajstić information content (AvgIpc) is 2.29. The zero-order valence-corrected chi connectivity index (χ0v) is 6.57. The summed E-state index contributed by atoms with van der Waals surface area (Å²) >= 11 is 4.65. The molecule has 0 bridgehead atoms. The summed E-state index contributed by atoms with van der Waals surface area (Å²) in [6, 6.07) is -1.14. The van der Waals surface area contributed by atoms with Crippen LogP contribution in [0.5, 0.6) is 0 Å². The quantitative estimate of drug-likeness (QED) is 0.400. The van der Waals surface area contributed by atoms with Gasteiger partial charge in [-0.05, 0) is 12.2 Å². The molecule has 1 unspecified atom stereocenters. The summed E-state index contributed by atoms with van der Waals surface area (Å²) in [6.45, 7) is 0. The summed E-state index contributed by atoms with van der Waals surface area (Å²) in [4.78, 5) is 25.6. The molecule has 6 nitrogen and oxygen atoms in total. The lowest BCUT2D eigenvalue weighted by atomic mass is 10.2. The van der Waals surface area contributed by atoms with Crippen LogP contribution in [0, 0.1) is 0 Å². The molecule has 0 radical (unpaired) electrons. The van der Waals surface area contributed by atoms with E-state index in [0.29, 0.717) is 0 Å². The Morgan fingerprint density at radius 2 is 2.08 bits per heavy atom. The lowest BCUT2D eigenvalue weighted by Crippen LogP contribution is -2.50. The van der Waals surface area contributed by atoms with Crippen molar-refractivity contribution in [1.82, 2.24) is 16.0 Å². The molecule has 2 aliphatic heterocycles. The lowest BCUT2D eigenvalue weighted by molar-refractivity contribution is -0.120. The topological polar surface area (TPSA) is 82.6 Å². The number of amidine groups is 1. The SMILES string of the molecule is O=C1NC2=NC(=S)NC(=O)C2N1. The summed E-state index contributed by atoms with van der Waals surface area (Å²) in [7, 11) is 0. The number of nitrogens with one attached hydrogen (secondary N) is 3. The number of fused-ring (bicyclic) bond motifs is 1. The highest BCUT2D eigenvalue weighted by molar-refractivity contribution is 7.80. The Balaban J connectivity index is 2.37. The van der Waals surface area contributed by atoms with Crippen LogP contribution in [0.3, 0.4) is 0 Å². The number of carbonyl (C=O) groups is 2. The molecule has 62 valence electrons. The van der Waals surface area contributed by atoms with Crippen molar-refractivity contribution < 1.29 is 9.59 Å². The van der Waals surface area contributed by atoms with Gasteiger partial charge in [0.15, 0.2) is 6.04 Å². The Morgan fingerprint density at radius 1 is 1.33 bits per heavy atom. The number of urea groups is 1. The number of nitrogens with zero attached hydrogens (tertiary/aromatic N) is 1. The Morgan fingerprint density at radius 3 is 2.83 bits per heavy atom. The summed E-state index contributed by atoms with van der Waals surface area (Å²) in [6.07, 6.45) is 0. The fourth-order valence-corrected chi connectivity index (χ4v) is 1.22. The third-order valence-electron chi connectivity index (χ3n) is 1.50. The van der Waals surface area contributed by atoms with E-state index in [4.69, 9.17) is 0 Å². The van der Waals surface area contributed by atoms with Gasteiger partial charge in [0.2, 0.25) is 5.11 Å². The van der Waals surface area contributed by atoms with Crippen LogP contribution >= 0.6 is 12.2 Å². The molecule has 0 aromatic rings. The van der Waals surface area contributed by atoms with E-state index in [1.54, 1.807) is 0 Å². The van der Waals surface area contributed by atoms with E-state index in [-0.39, 0.29) is 16.9 Å². The van der Waals surface area contributed by atoms with Gasteiger partial charge >= 0.3 is 6.03 Å². The molecular weight excluding hydrogens is 180 g/mol. The van der Waals surface area contributed by atoms with Gasteiger partial charge in [-0.25, -0.2) is 9.79 Å². The molecule has 1 atom stereocenters. The number of carbonyl (C=O) groups excluding carboxylic acids is 2. The van der Waals surface area contributed by atoms with Crippen molar-refractivity contribution in [1.29, 1.82) is 0 Å². The monoisotopic (exact) mass is 184 g/mol. The Hall–Kier alpha value is -1.50. The Labute approximate surface area is 72.4 Å². The predicted molar refractivity (Wildman–Crippen MR) is 43.6 cm³/mol. The van der Waals surface area contributed by atoms with Crippen LogP contribution in [0.25, 0.3) is 0 Å². The van der Waals surface area contributed by atoms with Crippen LogP contribution in [-0.2, 0) is 4.79 Å².